The molecule has 11 nitrogen and oxygen atoms in total. The third-order valence-corrected chi connectivity index (χ3v) is 8.02. The van der Waals surface area contributed by atoms with Crippen LogP contribution in [0.15, 0.2) is 54.6 Å². The molecule has 4 rings (SSSR count). The van der Waals surface area contributed by atoms with Gasteiger partial charge in [0.25, 0.3) is 0 Å². The number of epoxide rings is 1. The maximum Gasteiger partial charge on any atom is 0.243 e. The van der Waals surface area contributed by atoms with Gasteiger partial charge in [0.1, 0.15) is 17.8 Å². The zero-order chi connectivity index (χ0) is 31.0. The summed E-state index contributed by atoms with van der Waals surface area (Å²) in [5.74, 6) is -0.884. The summed E-state index contributed by atoms with van der Waals surface area (Å²) in [5.41, 5.74) is 0.675. The maximum absolute atomic E-state index is 13.8. The average molecular weight is 595 g/mol. The fourth-order valence-electron chi connectivity index (χ4n) is 5.09. The molecule has 2 heterocycles. The van der Waals surface area contributed by atoms with Crippen molar-refractivity contribution in [3.05, 3.63) is 65.7 Å². The van der Waals surface area contributed by atoms with Crippen molar-refractivity contribution in [2.45, 2.75) is 63.4 Å². The summed E-state index contributed by atoms with van der Waals surface area (Å²) in [5, 5.41) is 8.42. The minimum Gasteiger partial charge on any atom is -0.497 e. The van der Waals surface area contributed by atoms with E-state index in [1.807, 2.05) is 54.3 Å². The smallest absolute Gasteiger partial charge is 0.243 e. The summed E-state index contributed by atoms with van der Waals surface area (Å²) in [4.78, 5) is 55.2. The molecule has 0 spiro atoms. The van der Waals surface area contributed by atoms with Crippen LogP contribution in [0.4, 0.5) is 0 Å². The van der Waals surface area contributed by atoms with Gasteiger partial charge in [-0.05, 0) is 50.5 Å². The minimum atomic E-state index is -1.02. The van der Waals surface area contributed by atoms with E-state index in [2.05, 4.69) is 16.0 Å². The first-order valence-corrected chi connectivity index (χ1v) is 14.7. The molecule has 3 N–H and O–H groups in total. The van der Waals surface area contributed by atoms with E-state index in [0.717, 1.165) is 11.1 Å². The van der Waals surface area contributed by atoms with Crippen LogP contribution >= 0.6 is 0 Å². The second-order valence-corrected chi connectivity index (χ2v) is 11.3. The number of nitrogens with zero attached hydrogens (tertiary/aromatic N) is 1. The van der Waals surface area contributed by atoms with Crippen molar-refractivity contribution in [3.63, 3.8) is 0 Å². The van der Waals surface area contributed by atoms with Gasteiger partial charge in [-0.3, -0.25) is 24.1 Å². The van der Waals surface area contributed by atoms with Gasteiger partial charge in [-0.15, -0.1) is 0 Å². The summed E-state index contributed by atoms with van der Waals surface area (Å²) in [7, 11) is 1.56. The Morgan fingerprint density at radius 1 is 0.907 bits per heavy atom. The van der Waals surface area contributed by atoms with Crippen LogP contribution in [0.5, 0.6) is 5.75 Å². The van der Waals surface area contributed by atoms with Gasteiger partial charge in [0.2, 0.25) is 17.7 Å². The van der Waals surface area contributed by atoms with E-state index >= 15 is 0 Å². The van der Waals surface area contributed by atoms with Crippen LogP contribution in [-0.4, -0.2) is 98.2 Å². The Hall–Kier alpha value is -3.80. The molecule has 0 bridgehead atoms. The Morgan fingerprint density at radius 3 is 2.09 bits per heavy atom. The Labute approximate surface area is 252 Å². The summed E-state index contributed by atoms with van der Waals surface area (Å²) in [6.07, 6.45) is 0.174. The van der Waals surface area contributed by atoms with Gasteiger partial charge >= 0.3 is 0 Å². The number of rotatable bonds is 14. The van der Waals surface area contributed by atoms with Crippen LogP contribution in [0.1, 0.15) is 31.9 Å². The Kier molecular flexibility index (Phi) is 10.9. The van der Waals surface area contributed by atoms with Crippen molar-refractivity contribution in [1.82, 2.24) is 20.9 Å². The monoisotopic (exact) mass is 594 g/mol. The molecule has 1 unspecified atom stereocenters. The van der Waals surface area contributed by atoms with Gasteiger partial charge in [0.15, 0.2) is 11.4 Å². The summed E-state index contributed by atoms with van der Waals surface area (Å²) in [6, 6.07) is 13.8. The van der Waals surface area contributed by atoms with Gasteiger partial charge in [-0.2, -0.15) is 0 Å². The third-order valence-electron chi connectivity index (χ3n) is 8.02. The van der Waals surface area contributed by atoms with Crippen LogP contribution in [0.3, 0.4) is 0 Å². The predicted octanol–water partition coefficient (Wildman–Crippen LogP) is 1.03. The second-order valence-electron chi connectivity index (χ2n) is 11.3. The molecule has 11 heteroatoms. The normalized spacial score (nSPS) is 22.0. The molecule has 43 heavy (non-hydrogen) atoms. The van der Waals surface area contributed by atoms with Crippen LogP contribution < -0.4 is 20.7 Å². The standard InChI is InChI=1S/C32H42N4O7/c1-21(33-28(37)20-36-14-16-42-17-15-36)30(39)35-27(19-24-10-12-25(41-4)13-11-24)31(40)34-26(18-23-8-6-5-7-9-23)29(38)32(3)22(2)43-32/h5-13,21-22,26-27H,14-20H2,1-4H3,(H,33,37)(H,34,40)(H,35,39)/t21-,22?,26-,27-,32-/m0/s1. The predicted molar refractivity (Wildman–Crippen MR) is 160 cm³/mol. The van der Waals surface area contributed by atoms with E-state index in [1.165, 1.54) is 0 Å². The van der Waals surface area contributed by atoms with Crippen molar-refractivity contribution in [1.29, 1.82) is 0 Å². The molecule has 5 atom stereocenters. The molecule has 232 valence electrons. The highest BCUT2D eigenvalue weighted by Crippen LogP contribution is 2.37. The Balaban J connectivity index is 1.48. The number of methoxy groups -OCH3 is 1. The van der Waals surface area contributed by atoms with E-state index in [0.29, 0.717) is 32.1 Å². The molecule has 0 aromatic heterocycles. The van der Waals surface area contributed by atoms with Gasteiger partial charge in [-0.1, -0.05) is 42.5 Å². The van der Waals surface area contributed by atoms with Crippen LogP contribution in [0.25, 0.3) is 0 Å². The lowest BCUT2D eigenvalue weighted by molar-refractivity contribution is -0.134. The maximum atomic E-state index is 13.8. The largest absolute Gasteiger partial charge is 0.497 e. The van der Waals surface area contributed by atoms with Crippen molar-refractivity contribution in [2.75, 3.05) is 40.0 Å². The molecule has 2 aliphatic rings. The lowest BCUT2D eigenvalue weighted by atomic mass is 9.92. The van der Waals surface area contributed by atoms with Crippen molar-refractivity contribution < 1.29 is 33.4 Å². The van der Waals surface area contributed by atoms with Gasteiger partial charge < -0.3 is 30.2 Å². The summed E-state index contributed by atoms with van der Waals surface area (Å²) in [6.45, 7) is 7.67. The molecule has 0 aliphatic carbocycles. The fraction of sp³-hybridized carbons (Fsp3) is 0.500. The summed E-state index contributed by atoms with van der Waals surface area (Å²) >= 11 is 0. The quantitative estimate of drug-likeness (QED) is 0.276. The molecule has 2 aromatic rings. The van der Waals surface area contributed by atoms with E-state index in [1.54, 1.807) is 33.1 Å². The number of nitrogens with one attached hydrogen (secondary N) is 3. The number of ether oxygens (including phenoxy) is 3. The van der Waals surface area contributed by atoms with E-state index in [4.69, 9.17) is 14.2 Å². The molecular formula is C32H42N4O7. The molecular weight excluding hydrogens is 552 g/mol. The van der Waals surface area contributed by atoms with E-state index < -0.39 is 35.5 Å². The van der Waals surface area contributed by atoms with E-state index in [-0.39, 0.29) is 37.2 Å². The van der Waals surface area contributed by atoms with E-state index in [9.17, 15) is 19.2 Å². The zero-order valence-electron chi connectivity index (χ0n) is 25.3. The highest BCUT2D eigenvalue weighted by atomic mass is 16.6. The number of amides is 3. The number of carbonyl (C=O) groups excluding carboxylic acids is 4. The number of hydrogen-bond acceptors (Lipinski definition) is 8. The first-order valence-electron chi connectivity index (χ1n) is 14.7. The highest BCUT2D eigenvalue weighted by molar-refractivity contribution is 5.99. The van der Waals surface area contributed by atoms with Crippen molar-refractivity contribution in [3.8, 4) is 5.75 Å². The lowest BCUT2D eigenvalue weighted by Gasteiger charge is -2.27. The van der Waals surface area contributed by atoms with Gasteiger partial charge in [0, 0.05) is 19.5 Å². The number of morpholine rings is 1. The third kappa shape index (κ3) is 8.85. The average Bonchev–Trinajstić information content (AvgIpc) is 3.63. The summed E-state index contributed by atoms with van der Waals surface area (Å²) < 4.78 is 16.2. The second kappa shape index (κ2) is 14.6. The molecule has 2 saturated heterocycles. The number of carbonyl (C=O) groups is 4. The molecule has 0 radical (unpaired) electrons. The molecule has 2 fully saturated rings. The zero-order valence-corrected chi connectivity index (χ0v) is 25.3. The first-order chi connectivity index (χ1) is 20.6. The van der Waals surface area contributed by atoms with Crippen molar-refractivity contribution >= 4 is 23.5 Å². The molecule has 2 aliphatic heterocycles. The van der Waals surface area contributed by atoms with Crippen LogP contribution in [0, 0.1) is 0 Å². The lowest BCUT2D eigenvalue weighted by Crippen LogP contribution is -2.57. The topological polar surface area (TPSA) is 139 Å². The number of benzene rings is 2. The molecule has 3 amide bonds. The van der Waals surface area contributed by atoms with Gasteiger partial charge in [-0.25, -0.2) is 0 Å². The minimum absolute atomic E-state index is 0.152. The van der Waals surface area contributed by atoms with Gasteiger partial charge in [0.05, 0.1) is 39.0 Å². The van der Waals surface area contributed by atoms with Crippen molar-refractivity contribution in [2.24, 2.45) is 0 Å². The fourth-order valence-corrected chi connectivity index (χ4v) is 5.09. The number of Topliss-reactive ketones (excluding diaryl/α,β-unsaturated/α-hetero) is 1. The Bertz CT molecular complexity index is 1270. The molecule has 2 aromatic carbocycles. The Morgan fingerprint density at radius 2 is 1.49 bits per heavy atom. The first kappa shape index (κ1) is 32.1. The number of hydrogen-bond donors (Lipinski definition) is 3. The SMILES string of the molecule is COc1ccc(C[C@H](NC(=O)[C@H](C)NC(=O)CN2CCOCC2)C(=O)N[C@@H](Cc2ccccc2)C(=O)[C@@]2(C)OC2C)cc1. The highest BCUT2D eigenvalue weighted by Gasteiger charge is 2.57. The van der Waals surface area contributed by atoms with Crippen LogP contribution in [0.2, 0.25) is 0 Å². The van der Waals surface area contributed by atoms with Crippen LogP contribution in [-0.2, 0) is 41.5 Å². The number of ketones is 1. The molecule has 0 saturated carbocycles.